The van der Waals surface area contributed by atoms with Gasteiger partial charge in [-0.15, -0.1) is 0 Å². The van der Waals surface area contributed by atoms with Gasteiger partial charge in [-0.1, -0.05) is 37.9 Å². The lowest BCUT2D eigenvalue weighted by Gasteiger charge is -2.42. The summed E-state index contributed by atoms with van der Waals surface area (Å²) in [5, 5.41) is 3.75. The standard InChI is InChI=1S/C15H22ClFN2/c1-4-10(2)13-9-19(11(3)8-18-13)14-7-5-6-12(16)15(14)17/h5-7,10-11,13,18H,4,8-9H2,1-3H3. The van der Waals surface area contributed by atoms with Crippen molar-refractivity contribution in [3.05, 3.63) is 29.0 Å². The van der Waals surface area contributed by atoms with Crippen molar-refractivity contribution in [2.75, 3.05) is 18.0 Å². The maximum Gasteiger partial charge on any atom is 0.165 e. The number of benzene rings is 1. The molecule has 1 aliphatic heterocycles. The van der Waals surface area contributed by atoms with Gasteiger partial charge in [0, 0.05) is 25.2 Å². The van der Waals surface area contributed by atoms with Crippen molar-refractivity contribution in [3.63, 3.8) is 0 Å². The zero-order chi connectivity index (χ0) is 14.0. The first-order valence-corrected chi connectivity index (χ1v) is 7.36. The largest absolute Gasteiger partial charge is 0.364 e. The number of halogens is 2. The molecule has 0 bridgehead atoms. The normalized spacial score (nSPS) is 25.4. The van der Waals surface area contributed by atoms with E-state index >= 15 is 0 Å². The summed E-state index contributed by atoms with van der Waals surface area (Å²) < 4.78 is 14.2. The maximum absolute atomic E-state index is 14.2. The Morgan fingerprint density at radius 2 is 2.26 bits per heavy atom. The molecule has 1 fully saturated rings. The summed E-state index contributed by atoms with van der Waals surface area (Å²) >= 11 is 5.89. The molecule has 19 heavy (non-hydrogen) atoms. The Morgan fingerprint density at radius 3 is 2.95 bits per heavy atom. The fraction of sp³-hybridized carbons (Fsp3) is 0.600. The molecule has 1 aromatic rings. The van der Waals surface area contributed by atoms with Crippen molar-refractivity contribution in [2.45, 2.75) is 39.3 Å². The van der Waals surface area contributed by atoms with Crippen molar-refractivity contribution < 1.29 is 4.39 Å². The second kappa shape index (κ2) is 6.10. The predicted octanol–water partition coefficient (Wildman–Crippen LogP) is 3.69. The van der Waals surface area contributed by atoms with Crippen LogP contribution >= 0.6 is 11.6 Å². The molecule has 106 valence electrons. The smallest absolute Gasteiger partial charge is 0.165 e. The van der Waals surface area contributed by atoms with E-state index in [0.29, 0.717) is 17.6 Å². The van der Waals surface area contributed by atoms with E-state index in [0.717, 1.165) is 19.5 Å². The van der Waals surface area contributed by atoms with Gasteiger partial charge in [0.25, 0.3) is 0 Å². The summed E-state index contributed by atoms with van der Waals surface area (Å²) in [6.07, 6.45) is 1.12. The third-order valence-corrected chi connectivity index (χ3v) is 4.46. The maximum atomic E-state index is 14.2. The van der Waals surface area contributed by atoms with Gasteiger partial charge in [-0.05, 0) is 25.0 Å². The fourth-order valence-corrected chi connectivity index (χ4v) is 2.77. The third-order valence-electron chi connectivity index (χ3n) is 4.17. The molecule has 2 nitrogen and oxygen atoms in total. The van der Waals surface area contributed by atoms with Crippen molar-refractivity contribution in [2.24, 2.45) is 5.92 Å². The minimum absolute atomic E-state index is 0.198. The van der Waals surface area contributed by atoms with Crippen LogP contribution in [0, 0.1) is 11.7 Å². The minimum atomic E-state index is -0.305. The highest BCUT2D eigenvalue weighted by atomic mass is 35.5. The van der Waals surface area contributed by atoms with E-state index in [1.807, 2.05) is 12.1 Å². The highest BCUT2D eigenvalue weighted by Crippen LogP contribution is 2.29. The lowest BCUT2D eigenvalue weighted by Crippen LogP contribution is -2.57. The first-order valence-electron chi connectivity index (χ1n) is 6.98. The van der Waals surface area contributed by atoms with Gasteiger partial charge in [0.15, 0.2) is 5.82 Å². The van der Waals surface area contributed by atoms with Crippen LogP contribution in [0.1, 0.15) is 27.2 Å². The average Bonchev–Trinajstić information content (AvgIpc) is 2.42. The molecule has 1 saturated heterocycles. The summed E-state index contributed by atoms with van der Waals surface area (Å²) in [5.74, 6) is 0.276. The summed E-state index contributed by atoms with van der Waals surface area (Å²) in [6, 6.07) is 5.90. The molecule has 4 heteroatoms. The lowest BCUT2D eigenvalue weighted by atomic mass is 9.95. The van der Waals surface area contributed by atoms with Gasteiger partial charge in [-0.25, -0.2) is 4.39 Å². The Balaban J connectivity index is 2.24. The van der Waals surface area contributed by atoms with Crippen molar-refractivity contribution >= 4 is 17.3 Å². The number of nitrogens with zero attached hydrogens (tertiary/aromatic N) is 1. The van der Waals surface area contributed by atoms with E-state index in [1.165, 1.54) is 0 Å². The van der Waals surface area contributed by atoms with E-state index in [-0.39, 0.29) is 16.9 Å². The van der Waals surface area contributed by atoms with Gasteiger partial charge >= 0.3 is 0 Å². The summed E-state index contributed by atoms with van der Waals surface area (Å²) in [6.45, 7) is 8.24. The highest BCUT2D eigenvalue weighted by Gasteiger charge is 2.29. The molecule has 1 heterocycles. The molecule has 0 spiro atoms. The minimum Gasteiger partial charge on any atom is -0.364 e. The van der Waals surface area contributed by atoms with Gasteiger partial charge < -0.3 is 10.2 Å². The SMILES string of the molecule is CCC(C)C1CN(c2cccc(Cl)c2F)C(C)CN1. The van der Waals surface area contributed by atoms with Crippen LogP contribution in [0.2, 0.25) is 5.02 Å². The van der Waals surface area contributed by atoms with Gasteiger partial charge in [0.05, 0.1) is 10.7 Å². The molecule has 1 aromatic carbocycles. The monoisotopic (exact) mass is 284 g/mol. The first kappa shape index (κ1) is 14.6. The van der Waals surface area contributed by atoms with E-state index in [9.17, 15) is 4.39 Å². The number of hydrogen-bond acceptors (Lipinski definition) is 2. The zero-order valence-corrected chi connectivity index (χ0v) is 12.5. The molecule has 0 aromatic heterocycles. The van der Waals surface area contributed by atoms with Crippen molar-refractivity contribution in [1.82, 2.24) is 5.32 Å². The van der Waals surface area contributed by atoms with E-state index < -0.39 is 0 Å². The Labute approximate surface area is 119 Å². The second-order valence-corrected chi connectivity index (χ2v) is 5.88. The van der Waals surface area contributed by atoms with Crippen LogP contribution in [0.5, 0.6) is 0 Å². The van der Waals surface area contributed by atoms with Crippen LogP contribution in [0.15, 0.2) is 18.2 Å². The van der Waals surface area contributed by atoms with Crippen LogP contribution in [-0.2, 0) is 0 Å². The molecule has 3 atom stereocenters. The summed E-state index contributed by atoms with van der Waals surface area (Å²) in [7, 11) is 0. The molecule has 3 unspecified atom stereocenters. The average molecular weight is 285 g/mol. The highest BCUT2D eigenvalue weighted by molar-refractivity contribution is 6.31. The quantitative estimate of drug-likeness (QED) is 0.911. The molecule has 0 saturated carbocycles. The van der Waals surface area contributed by atoms with Crippen LogP contribution in [0.4, 0.5) is 10.1 Å². The first-order chi connectivity index (χ1) is 9.04. The number of anilines is 1. The molecule has 0 radical (unpaired) electrons. The van der Waals surface area contributed by atoms with Gasteiger partial charge in [0.2, 0.25) is 0 Å². The van der Waals surface area contributed by atoms with Gasteiger partial charge in [-0.3, -0.25) is 0 Å². The summed E-state index contributed by atoms with van der Waals surface area (Å²) in [5.41, 5.74) is 0.620. The Kier molecular flexibility index (Phi) is 4.69. The molecule has 1 N–H and O–H groups in total. The zero-order valence-electron chi connectivity index (χ0n) is 11.8. The van der Waals surface area contributed by atoms with E-state index in [4.69, 9.17) is 11.6 Å². The van der Waals surface area contributed by atoms with E-state index in [1.54, 1.807) is 6.07 Å². The van der Waals surface area contributed by atoms with Crippen LogP contribution < -0.4 is 10.2 Å². The Morgan fingerprint density at radius 1 is 1.53 bits per heavy atom. The molecular formula is C15H22ClFN2. The van der Waals surface area contributed by atoms with Crippen molar-refractivity contribution in [1.29, 1.82) is 0 Å². The van der Waals surface area contributed by atoms with Crippen molar-refractivity contribution in [3.8, 4) is 0 Å². The summed E-state index contributed by atoms with van der Waals surface area (Å²) in [4.78, 5) is 2.13. The van der Waals surface area contributed by atoms with Crippen LogP contribution in [-0.4, -0.2) is 25.2 Å². The number of piperazine rings is 1. The topological polar surface area (TPSA) is 15.3 Å². The second-order valence-electron chi connectivity index (χ2n) is 5.47. The van der Waals surface area contributed by atoms with E-state index in [2.05, 4.69) is 31.0 Å². The Hall–Kier alpha value is -0.800. The van der Waals surface area contributed by atoms with Gasteiger partial charge in [-0.2, -0.15) is 0 Å². The Bertz CT molecular complexity index is 438. The molecule has 0 amide bonds. The van der Waals surface area contributed by atoms with Crippen LogP contribution in [0.25, 0.3) is 0 Å². The molecule has 0 aliphatic carbocycles. The third kappa shape index (κ3) is 3.03. The van der Waals surface area contributed by atoms with Crippen LogP contribution in [0.3, 0.4) is 0 Å². The predicted molar refractivity (Wildman–Crippen MR) is 79.5 cm³/mol. The van der Waals surface area contributed by atoms with Gasteiger partial charge in [0.1, 0.15) is 0 Å². The number of rotatable bonds is 3. The molecule has 1 aliphatic rings. The fourth-order valence-electron chi connectivity index (χ4n) is 2.60. The number of hydrogen-bond donors (Lipinski definition) is 1. The number of nitrogens with one attached hydrogen (secondary N) is 1. The molecule has 2 rings (SSSR count). The molecular weight excluding hydrogens is 263 g/mol. The lowest BCUT2D eigenvalue weighted by molar-refractivity contribution is 0.314.